The Bertz CT molecular complexity index is 1050. The van der Waals surface area contributed by atoms with E-state index in [9.17, 15) is 8.42 Å². The van der Waals surface area contributed by atoms with Crippen LogP contribution in [-0.4, -0.2) is 20.7 Å². The fourth-order valence-corrected chi connectivity index (χ4v) is 6.00. The summed E-state index contributed by atoms with van der Waals surface area (Å²) in [5, 5.41) is 2.95. The first kappa shape index (κ1) is 20.8. The second-order valence-corrected chi connectivity index (χ2v) is 9.81. The van der Waals surface area contributed by atoms with Crippen molar-refractivity contribution in [2.45, 2.75) is 10.6 Å². The molecule has 3 nitrogen and oxygen atoms in total. The van der Waals surface area contributed by atoms with Crippen molar-refractivity contribution in [3.8, 4) is 0 Å². The van der Waals surface area contributed by atoms with Gasteiger partial charge in [0.1, 0.15) is 0 Å². The second-order valence-electron chi connectivity index (χ2n) is 5.74. The van der Waals surface area contributed by atoms with Gasteiger partial charge in [-0.1, -0.05) is 65.1 Å². The summed E-state index contributed by atoms with van der Waals surface area (Å²) in [7, 11) is -3.67. The van der Waals surface area contributed by atoms with E-state index in [1.807, 2.05) is 12.1 Å². The highest BCUT2D eigenvalue weighted by atomic mass is 35.5. The number of halogens is 3. The third kappa shape index (κ3) is 4.91. The molecule has 0 aromatic heterocycles. The summed E-state index contributed by atoms with van der Waals surface area (Å²) in [6.45, 7) is 0.288. The Kier molecular flexibility index (Phi) is 6.95. The van der Waals surface area contributed by atoms with Gasteiger partial charge in [0.2, 0.25) is 10.0 Å². The molecule has 0 unspecified atom stereocenters. The van der Waals surface area contributed by atoms with Crippen molar-refractivity contribution >= 4 is 67.4 Å². The summed E-state index contributed by atoms with van der Waals surface area (Å²) < 4.78 is 28.1. The van der Waals surface area contributed by atoms with Crippen molar-refractivity contribution in [2.24, 2.45) is 0 Å². The zero-order valence-electron chi connectivity index (χ0n) is 14.1. The fraction of sp³-hybridized carbons (Fsp3) is 0.158. The number of hydrogen-bond acceptors (Lipinski definition) is 3. The first-order chi connectivity index (χ1) is 12.9. The van der Waals surface area contributed by atoms with Gasteiger partial charge in [0, 0.05) is 38.5 Å². The van der Waals surface area contributed by atoms with Gasteiger partial charge < -0.3 is 0 Å². The van der Waals surface area contributed by atoms with Crippen LogP contribution in [0.15, 0.2) is 59.5 Å². The minimum atomic E-state index is -3.67. The van der Waals surface area contributed by atoms with Gasteiger partial charge in [-0.25, -0.2) is 13.1 Å². The number of nitrogens with one attached hydrogen (secondary N) is 1. The summed E-state index contributed by atoms with van der Waals surface area (Å²) in [4.78, 5) is 0.185. The van der Waals surface area contributed by atoms with E-state index >= 15 is 0 Å². The Balaban J connectivity index is 1.65. The number of rotatable bonds is 7. The van der Waals surface area contributed by atoms with Crippen LogP contribution in [0.4, 0.5) is 0 Å². The third-order valence-corrected chi connectivity index (χ3v) is 7.46. The van der Waals surface area contributed by atoms with Crippen LogP contribution in [0.5, 0.6) is 0 Å². The second kappa shape index (κ2) is 9.03. The van der Waals surface area contributed by atoms with E-state index in [0.717, 1.165) is 10.9 Å². The number of hydrogen-bond donors (Lipinski definition) is 1. The number of sulfonamides is 1. The van der Waals surface area contributed by atoms with Crippen molar-refractivity contribution in [1.29, 1.82) is 0 Å². The maximum atomic E-state index is 12.7. The molecule has 142 valence electrons. The van der Waals surface area contributed by atoms with Gasteiger partial charge in [-0.15, -0.1) is 0 Å². The maximum absolute atomic E-state index is 12.7. The average molecular weight is 461 g/mol. The zero-order valence-corrected chi connectivity index (χ0v) is 18.0. The lowest BCUT2D eigenvalue weighted by Gasteiger charge is -2.11. The summed E-state index contributed by atoms with van der Waals surface area (Å²) >= 11 is 20.1. The van der Waals surface area contributed by atoms with E-state index in [2.05, 4.69) is 4.72 Å². The van der Waals surface area contributed by atoms with E-state index in [1.54, 1.807) is 54.2 Å². The standard InChI is InChI=1S/C19H16Cl3NO2S2/c20-15-6-3-7-16(21)14(15)12-26-11-10-23-27(24,25)18-9-2-5-13-4-1-8-17(22)19(13)18/h1-9,23H,10-12H2. The van der Waals surface area contributed by atoms with E-state index in [1.165, 1.54) is 0 Å². The van der Waals surface area contributed by atoms with Gasteiger partial charge in [0.25, 0.3) is 0 Å². The molecule has 0 spiro atoms. The van der Waals surface area contributed by atoms with Crippen molar-refractivity contribution in [3.63, 3.8) is 0 Å². The lowest BCUT2D eigenvalue weighted by Crippen LogP contribution is -2.26. The highest BCUT2D eigenvalue weighted by molar-refractivity contribution is 7.98. The Labute approximate surface area is 178 Å². The molecule has 0 radical (unpaired) electrons. The Hall–Kier alpha value is -0.950. The molecular weight excluding hydrogens is 445 g/mol. The predicted molar refractivity (Wildman–Crippen MR) is 117 cm³/mol. The smallest absolute Gasteiger partial charge is 0.210 e. The number of fused-ring (bicyclic) bond motifs is 1. The molecule has 0 heterocycles. The van der Waals surface area contributed by atoms with Crippen LogP contribution in [-0.2, 0) is 15.8 Å². The van der Waals surface area contributed by atoms with Crippen LogP contribution in [0.1, 0.15) is 5.56 Å². The number of benzene rings is 3. The van der Waals surface area contributed by atoms with Gasteiger partial charge in [-0.05, 0) is 35.2 Å². The molecule has 3 aromatic carbocycles. The zero-order chi connectivity index (χ0) is 19.4. The highest BCUT2D eigenvalue weighted by Gasteiger charge is 2.18. The molecule has 27 heavy (non-hydrogen) atoms. The van der Waals surface area contributed by atoms with Crippen molar-refractivity contribution in [1.82, 2.24) is 4.72 Å². The summed E-state index contributed by atoms with van der Waals surface area (Å²) in [6.07, 6.45) is 0. The molecule has 0 saturated carbocycles. The Morgan fingerprint density at radius 1 is 0.852 bits per heavy atom. The van der Waals surface area contributed by atoms with Crippen LogP contribution in [0.2, 0.25) is 15.1 Å². The van der Waals surface area contributed by atoms with E-state index in [4.69, 9.17) is 34.8 Å². The molecule has 8 heteroatoms. The van der Waals surface area contributed by atoms with Crippen LogP contribution >= 0.6 is 46.6 Å². The van der Waals surface area contributed by atoms with Crippen molar-refractivity contribution in [2.75, 3.05) is 12.3 Å². The monoisotopic (exact) mass is 459 g/mol. The maximum Gasteiger partial charge on any atom is 0.241 e. The highest BCUT2D eigenvalue weighted by Crippen LogP contribution is 2.30. The fourth-order valence-electron chi connectivity index (χ4n) is 2.66. The molecule has 0 aliphatic rings. The minimum Gasteiger partial charge on any atom is -0.210 e. The largest absolute Gasteiger partial charge is 0.241 e. The van der Waals surface area contributed by atoms with Crippen LogP contribution < -0.4 is 4.72 Å². The molecule has 0 saturated heterocycles. The van der Waals surface area contributed by atoms with Crippen molar-refractivity contribution < 1.29 is 8.42 Å². The SMILES string of the molecule is O=S(=O)(NCCSCc1c(Cl)cccc1Cl)c1cccc2cccc(Cl)c12. The van der Waals surface area contributed by atoms with Gasteiger partial charge in [0.15, 0.2) is 0 Å². The van der Waals surface area contributed by atoms with E-state index in [0.29, 0.717) is 32.0 Å². The third-order valence-electron chi connectivity index (χ3n) is 3.95. The van der Waals surface area contributed by atoms with Gasteiger partial charge in [-0.2, -0.15) is 11.8 Å². The van der Waals surface area contributed by atoms with Crippen LogP contribution in [0, 0.1) is 0 Å². The summed E-state index contributed by atoms with van der Waals surface area (Å²) in [5.41, 5.74) is 0.856. The molecule has 0 amide bonds. The normalized spacial score (nSPS) is 11.8. The van der Waals surface area contributed by atoms with Gasteiger partial charge >= 0.3 is 0 Å². The van der Waals surface area contributed by atoms with E-state index in [-0.39, 0.29) is 11.4 Å². The lowest BCUT2D eigenvalue weighted by atomic mass is 10.1. The molecule has 0 aliphatic heterocycles. The van der Waals surface area contributed by atoms with Crippen LogP contribution in [0.3, 0.4) is 0 Å². The summed E-state index contributed by atoms with van der Waals surface area (Å²) in [6, 6.07) is 15.8. The quantitative estimate of drug-likeness (QED) is 0.439. The topological polar surface area (TPSA) is 46.2 Å². The first-order valence-electron chi connectivity index (χ1n) is 8.08. The Morgan fingerprint density at radius 3 is 2.15 bits per heavy atom. The molecular formula is C19H16Cl3NO2S2. The van der Waals surface area contributed by atoms with E-state index < -0.39 is 10.0 Å². The molecule has 3 aromatic rings. The molecule has 3 rings (SSSR count). The number of thioether (sulfide) groups is 1. The van der Waals surface area contributed by atoms with Gasteiger partial charge in [-0.3, -0.25) is 0 Å². The molecule has 1 N–H and O–H groups in total. The lowest BCUT2D eigenvalue weighted by molar-refractivity contribution is 0.585. The Morgan fingerprint density at radius 2 is 1.44 bits per heavy atom. The van der Waals surface area contributed by atoms with Crippen molar-refractivity contribution in [3.05, 3.63) is 75.2 Å². The molecule has 0 fully saturated rings. The molecule has 0 aliphatic carbocycles. The molecule has 0 bridgehead atoms. The van der Waals surface area contributed by atoms with Gasteiger partial charge in [0.05, 0.1) is 4.90 Å². The molecule has 0 atom stereocenters. The predicted octanol–water partition coefficient (Wildman–Crippen LogP) is 6.01. The van der Waals surface area contributed by atoms with Crippen LogP contribution in [0.25, 0.3) is 10.8 Å². The average Bonchev–Trinajstić information content (AvgIpc) is 2.63. The summed E-state index contributed by atoms with van der Waals surface area (Å²) in [5.74, 6) is 1.19. The minimum absolute atomic E-state index is 0.185. The first-order valence-corrected chi connectivity index (χ1v) is 11.8.